The van der Waals surface area contributed by atoms with E-state index in [2.05, 4.69) is 89.6 Å². The first-order valence-corrected chi connectivity index (χ1v) is 8.13. The molecule has 0 bridgehead atoms. The van der Waals surface area contributed by atoms with E-state index in [1.54, 1.807) is 0 Å². The molecule has 0 unspecified atom stereocenters. The largest absolute Gasteiger partial charge is 0.344 e. The lowest BCUT2D eigenvalue weighted by molar-refractivity contribution is 0.535. The maximum absolute atomic E-state index is 2.34. The van der Waals surface area contributed by atoms with Gasteiger partial charge in [0.1, 0.15) is 0 Å². The molecule has 1 nitrogen and oxygen atoms in total. The summed E-state index contributed by atoms with van der Waals surface area (Å²) in [5.41, 5.74) is 5.87. The number of hydrogen-bond donors (Lipinski definition) is 0. The zero-order valence-corrected chi connectivity index (χ0v) is 14.9. The number of fused-ring (bicyclic) bond motifs is 3. The number of aromatic nitrogens is 1. The molecule has 0 N–H and O–H groups in total. The highest BCUT2D eigenvalue weighted by molar-refractivity contribution is 6.10. The third kappa shape index (κ3) is 2.15. The van der Waals surface area contributed by atoms with Gasteiger partial charge in [-0.15, -0.1) is 0 Å². The summed E-state index contributed by atoms with van der Waals surface area (Å²) < 4.78 is 2.33. The van der Waals surface area contributed by atoms with E-state index >= 15 is 0 Å². The number of para-hydroxylation sites is 1. The predicted molar refractivity (Wildman–Crippen MR) is 97.8 cm³/mol. The van der Waals surface area contributed by atoms with Gasteiger partial charge in [-0.2, -0.15) is 0 Å². The summed E-state index contributed by atoms with van der Waals surface area (Å²) in [5.74, 6) is 0. The van der Waals surface area contributed by atoms with Crippen molar-refractivity contribution >= 4 is 21.8 Å². The molecule has 0 amide bonds. The molecular formula is C21H27N. The Labute approximate surface area is 133 Å². The highest BCUT2D eigenvalue weighted by Crippen LogP contribution is 2.42. The summed E-state index contributed by atoms with van der Waals surface area (Å²) in [5, 5.41) is 2.80. The molecule has 0 fully saturated rings. The molecule has 2 aromatic carbocycles. The Morgan fingerprint density at radius 3 is 1.95 bits per heavy atom. The van der Waals surface area contributed by atoms with Gasteiger partial charge in [-0.1, -0.05) is 65.8 Å². The Hall–Kier alpha value is -1.76. The fraction of sp³-hybridized carbons (Fsp3) is 0.429. The van der Waals surface area contributed by atoms with Crippen LogP contribution in [0.2, 0.25) is 0 Å². The van der Waals surface area contributed by atoms with E-state index < -0.39 is 0 Å². The maximum atomic E-state index is 2.34. The van der Waals surface area contributed by atoms with Crippen LogP contribution in [0.3, 0.4) is 0 Å². The van der Waals surface area contributed by atoms with Gasteiger partial charge in [-0.25, -0.2) is 0 Å². The van der Waals surface area contributed by atoms with Crippen molar-refractivity contribution in [2.24, 2.45) is 7.05 Å². The van der Waals surface area contributed by atoms with Crippen LogP contribution in [0.1, 0.15) is 52.7 Å². The van der Waals surface area contributed by atoms with E-state index in [9.17, 15) is 0 Å². The van der Waals surface area contributed by atoms with Crippen LogP contribution in [0, 0.1) is 0 Å². The van der Waals surface area contributed by atoms with Crippen molar-refractivity contribution < 1.29 is 0 Å². The first kappa shape index (κ1) is 15.1. The number of rotatable bonds is 0. The lowest BCUT2D eigenvalue weighted by Gasteiger charge is -2.31. The van der Waals surface area contributed by atoms with Crippen LogP contribution in [0.4, 0.5) is 0 Å². The zero-order chi connectivity index (χ0) is 16.3. The zero-order valence-electron chi connectivity index (χ0n) is 14.9. The number of hydrogen-bond acceptors (Lipinski definition) is 0. The predicted octanol–water partition coefficient (Wildman–Crippen LogP) is 5.93. The maximum Gasteiger partial charge on any atom is 0.0491 e. The van der Waals surface area contributed by atoms with Crippen LogP contribution in [0.15, 0.2) is 36.4 Å². The molecule has 0 spiro atoms. The molecule has 3 rings (SSSR count). The molecule has 0 saturated heterocycles. The van der Waals surface area contributed by atoms with Crippen LogP contribution in [0.25, 0.3) is 21.8 Å². The van der Waals surface area contributed by atoms with Crippen molar-refractivity contribution in [2.45, 2.75) is 52.4 Å². The molecular weight excluding hydrogens is 266 g/mol. The van der Waals surface area contributed by atoms with Crippen molar-refractivity contribution in [2.75, 3.05) is 0 Å². The molecule has 1 heteroatoms. The van der Waals surface area contributed by atoms with E-state index in [4.69, 9.17) is 0 Å². The smallest absolute Gasteiger partial charge is 0.0491 e. The van der Waals surface area contributed by atoms with Gasteiger partial charge >= 0.3 is 0 Å². The Morgan fingerprint density at radius 1 is 0.727 bits per heavy atom. The molecule has 1 heterocycles. The van der Waals surface area contributed by atoms with Crippen LogP contribution in [-0.4, -0.2) is 4.57 Å². The summed E-state index contributed by atoms with van der Waals surface area (Å²) in [6.45, 7) is 13.9. The fourth-order valence-corrected chi connectivity index (χ4v) is 3.66. The average Bonchev–Trinajstić information content (AvgIpc) is 2.70. The minimum atomic E-state index is 0.117. The Bertz CT molecular complexity index is 851. The summed E-state index contributed by atoms with van der Waals surface area (Å²) in [6.07, 6.45) is 0. The van der Waals surface area contributed by atoms with Crippen LogP contribution in [0.5, 0.6) is 0 Å². The molecule has 0 radical (unpaired) electrons. The highest BCUT2D eigenvalue weighted by atomic mass is 14.9. The minimum absolute atomic E-state index is 0.117. The van der Waals surface area contributed by atoms with E-state index in [0.717, 1.165) is 0 Å². The van der Waals surface area contributed by atoms with Gasteiger partial charge in [0.15, 0.2) is 0 Å². The Morgan fingerprint density at radius 2 is 1.36 bits per heavy atom. The lowest BCUT2D eigenvalue weighted by atomic mass is 9.73. The molecule has 0 saturated carbocycles. The lowest BCUT2D eigenvalue weighted by Crippen LogP contribution is -2.22. The van der Waals surface area contributed by atoms with Crippen molar-refractivity contribution in [1.82, 2.24) is 4.57 Å². The Balaban J connectivity index is 2.60. The molecule has 0 aliphatic heterocycles. The van der Waals surface area contributed by atoms with E-state index in [1.807, 2.05) is 0 Å². The third-order valence-electron chi connectivity index (χ3n) is 4.64. The number of benzene rings is 2. The first-order valence-electron chi connectivity index (χ1n) is 8.13. The fourth-order valence-electron chi connectivity index (χ4n) is 3.66. The third-order valence-corrected chi connectivity index (χ3v) is 4.64. The van der Waals surface area contributed by atoms with Crippen molar-refractivity contribution in [3.05, 3.63) is 47.5 Å². The minimum Gasteiger partial charge on any atom is -0.344 e. The van der Waals surface area contributed by atoms with Crippen molar-refractivity contribution in [3.63, 3.8) is 0 Å². The first-order chi connectivity index (χ1) is 10.1. The monoisotopic (exact) mass is 293 g/mol. The molecule has 1 aromatic heterocycles. The number of aryl methyl sites for hydroxylation is 1. The quantitative estimate of drug-likeness (QED) is 0.484. The second-order valence-corrected chi connectivity index (χ2v) is 8.46. The van der Waals surface area contributed by atoms with Crippen molar-refractivity contribution in [1.29, 1.82) is 0 Å². The van der Waals surface area contributed by atoms with Crippen LogP contribution >= 0.6 is 0 Å². The van der Waals surface area contributed by atoms with E-state index in [0.29, 0.717) is 0 Å². The van der Waals surface area contributed by atoms with Gasteiger partial charge in [-0.05, 0) is 34.1 Å². The Kier molecular flexibility index (Phi) is 3.18. The second-order valence-electron chi connectivity index (χ2n) is 8.46. The summed E-state index contributed by atoms with van der Waals surface area (Å²) in [7, 11) is 2.17. The van der Waals surface area contributed by atoms with Gasteiger partial charge < -0.3 is 4.57 Å². The molecule has 3 aromatic rings. The van der Waals surface area contributed by atoms with Crippen molar-refractivity contribution in [3.8, 4) is 0 Å². The standard InChI is InChI=1S/C21H27N/c1-20(2,3)15-12-13-17-18(19(15)21(4,5)6)14-10-8-9-11-16(14)22(17)7/h8-13H,1-7H3. The van der Waals surface area contributed by atoms with Crippen LogP contribution < -0.4 is 0 Å². The molecule has 116 valence electrons. The van der Waals surface area contributed by atoms with Gasteiger partial charge in [0.05, 0.1) is 0 Å². The van der Waals surface area contributed by atoms with Gasteiger partial charge in [0, 0.05) is 28.9 Å². The SMILES string of the molecule is Cn1c2ccccc2c2c(C(C)(C)C)c(C(C)(C)C)ccc21. The average molecular weight is 293 g/mol. The molecule has 0 atom stereocenters. The van der Waals surface area contributed by atoms with Gasteiger partial charge in [-0.3, -0.25) is 0 Å². The highest BCUT2D eigenvalue weighted by Gasteiger charge is 2.28. The molecule has 0 aliphatic carbocycles. The molecule has 22 heavy (non-hydrogen) atoms. The van der Waals surface area contributed by atoms with E-state index in [-0.39, 0.29) is 10.8 Å². The van der Waals surface area contributed by atoms with Gasteiger partial charge in [0.25, 0.3) is 0 Å². The second kappa shape index (κ2) is 4.62. The topological polar surface area (TPSA) is 4.93 Å². The van der Waals surface area contributed by atoms with Crippen LogP contribution in [-0.2, 0) is 17.9 Å². The van der Waals surface area contributed by atoms with Gasteiger partial charge in [0.2, 0.25) is 0 Å². The van der Waals surface area contributed by atoms with E-state index in [1.165, 1.54) is 32.9 Å². The normalized spacial score (nSPS) is 13.2. The summed E-state index contributed by atoms with van der Waals surface area (Å²) in [4.78, 5) is 0. The summed E-state index contributed by atoms with van der Waals surface area (Å²) >= 11 is 0. The summed E-state index contributed by atoms with van der Waals surface area (Å²) in [6, 6.07) is 13.4. The number of nitrogens with zero attached hydrogens (tertiary/aromatic N) is 1. The molecule has 0 aliphatic rings.